The van der Waals surface area contributed by atoms with Gasteiger partial charge < -0.3 is 4.90 Å². The van der Waals surface area contributed by atoms with Gasteiger partial charge in [0, 0.05) is 24.1 Å². The van der Waals surface area contributed by atoms with Crippen LogP contribution in [0.3, 0.4) is 0 Å². The number of aromatic nitrogens is 2. The first-order valence-electron chi connectivity index (χ1n) is 13.5. The van der Waals surface area contributed by atoms with Crippen LogP contribution in [-0.4, -0.2) is 51.9 Å². The molecule has 0 spiro atoms. The summed E-state index contributed by atoms with van der Waals surface area (Å²) in [6, 6.07) is 14.7. The van der Waals surface area contributed by atoms with E-state index in [-0.39, 0.29) is 29.0 Å². The van der Waals surface area contributed by atoms with Crippen molar-refractivity contribution in [1.29, 1.82) is 0 Å². The predicted molar refractivity (Wildman–Crippen MR) is 155 cm³/mol. The summed E-state index contributed by atoms with van der Waals surface area (Å²) in [7, 11) is 0. The molecule has 1 aromatic heterocycles. The molecule has 0 radical (unpaired) electrons. The van der Waals surface area contributed by atoms with Gasteiger partial charge in [-0.05, 0) is 56.4 Å². The monoisotopic (exact) mass is 530 g/mol. The molecule has 7 heteroatoms. The summed E-state index contributed by atoms with van der Waals surface area (Å²) in [5.74, 6) is 0.994. The summed E-state index contributed by atoms with van der Waals surface area (Å²) in [6.07, 6.45) is 2.04. The van der Waals surface area contributed by atoms with Crippen molar-refractivity contribution < 1.29 is 9.59 Å². The number of carbonyl (C=O) groups is 2. The molecule has 2 aliphatic rings. The molecule has 0 saturated carbocycles. The van der Waals surface area contributed by atoms with Crippen LogP contribution in [0.15, 0.2) is 42.5 Å². The summed E-state index contributed by atoms with van der Waals surface area (Å²) in [6.45, 7) is 14.4. The molecule has 3 heterocycles. The molecule has 0 unspecified atom stereocenters. The fourth-order valence-corrected chi connectivity index (χ4v) is 6.91. The lowest BCUT2D eigenvalue weighted by molar-refractivity contribution is -0.130. The number of likely N-dealkylation sites (tertiary alicyclic amines) is 1. The van der Waals surface area contributed by atoms with Crippen LogP contribution in [-0.2, 0) is 15.0 Å². The van der Waals surface area contributed by atoms with Crippen molar-refractivity contribution in [3.8, 4) is 5.69 Å². The van der Waals surface area contributed by atoms with Crippen LogP contribution in [0.25, 0.3) is 5.69 Å². The Balaban J connectivity index is 1.79. The second-order valence-electron chi connectivity index (χ2n) is 11.7. The second kappa shape index (κ2) is 10.3. The third-order valence-electron chi connectivity index (χ3n) is 7.60. The molecule has 1 atom stereocenters. The number of hydrogen-bond donors (Lipinski definition) is 0. The second-order valence-corrected chi connectivity index (χ2v) is 12.7. The van der Waals surface area contributed by atoms with Crippen molar-refractivity contribution in [2.24, 2.45) is 0 Å². The third-order valence-corrected chi connectivity index (χ3v) is 8.84. The number of nitrogens with zero attached hydrogens (tertiary/aromatic N) is 4. The normalized spacial score (nSPS) is 18.1. The smallest absolute Gasteiger partial charge is 0.242 e. The minimum atomic E-state index is -0.270. The Labute approximate surface area is 230 Å². The van der Waals surface area contributed by atoms with E-state index in [0.29, 0.717) is 5.75 Å². The number of rotatable bonds is 4. The maximum Gasteiger partial charge on any atom is 0.242 e. The van der Waals surface area contributed by atoms with Gasteiger partial charge in [0.15, 0.2) is 0 Å². The van der Waals surface area contributed by atoms with Gasteiger partial charge in [0.25, 0.3) is 0 Å². The molecule has 200 valence electrons. The summed E-state index contributed by atoms with van der Waals surface area (Å²) in [5, 5.41) is 5.17. The summed E-state index contributed by atoms with van der Waals surface area (Å²) < 4.78 is 1.94. The highest BCUT2D eigenvalue weighted by atomic mass is 32.2. The van der Waals surface area contributed by atoms with Gasteiger partial charge in [-0.25, -0.2) is 4.68 Å². The summed E-state index contributed by atoms with van der Waals surface area (Å²) >= 11 is 1.64. The van der Waals surface area contributed by atoms with Crippen LogP contribution in [0.1, 0.15) is 72.4 Å². The van der Waals surface area contributed by atoms with Gasteiger partial charge in [-0.1, -0.05) is 62.7 Å². The van der Waals surface area contributed by atoms with E-state index in [2.05, 4.69) is 84.0 Å². The number of amides is 2. The predicted octanol–water partition coefficient (Wildman–Crippen LogP) is 5.89. The zero-order valence-electron chi connectivity index (χ0n) is 23.4. The fraction of sp³-hybridized carbons (Fsp3) is 0.452. The molecule has 0 bridgehead atoms. The Hall–Kier alpha value is -3.06. The highest BCUT2D eigenvalue weighted by molar-refractivity contribution is 8.00. The molecule has 5 rings (SSSR count). The highest BCUT2D eigenvalue weighted by Gasteiger charge is 2.40. The average molecular weight is 531 g/mol. The summed E-state index contributed by atoms with van der Waals surface area (Å²) in [5.41, 5.74) is 7.29. The minimum absolute atomic E-state index is 0.00632. The number of carbonyl (C=O) groups excluding carboxylic acids is 2. The van der Waals surface area contributed by atoms with Crippen LogP contribution >= 0.6 is 11.8 Å². The lowest BCUT2D eigenvalue weighted by Crippen LogP contribution is -2.43. The van der Waals surface area contributed by atoms with Crippen molar-refractivity contribution in [3.63, 3.8) is 0 Å². The van der Waals surface area contributed by atoms with E-state index >= 15 is 0 Å². The largest absolute Gasteiger partial charge is 0.341 e. The van der Waals surface area contributed by atoms with Gasteiger partial charge in [-0.2, -0.15) is 5.10 Å². The Morgan fingerprint density at radius 2 is 1.74 bits per heavy atom. The Morgan fingerprint density at radius 1 is 1.03 bits per heavy atom. The van der Waals surface area contributed by atoms with Gasteiger partial charge in [0.1, 0.15) is 12.4 Å². The van der Waals surface area contributed by atoms with E-state index < -0.39 is 0 Å². The molecule has 1 saturated heterocycles. The van der Waals surface area contributed by atoms with Crippen LogP contribution in [0.4, 0.5) is 5.82 Å². The number of anilines is 1. The molecule has 2 aliphatic heterocycles. The molecule has 2 amide bonds. The first kappa shape index (κ1) is 26.5. The molecule has 3 aromatic rings. The number of benzene rings is 2. The van der Waals surface area contributed by atoms with Gasteiger partial charge in [0.05, 0.1) is 22.4 Å². The van der Waals surface area contributed by atoms with Crippen LogP contribution < -0.4 is 4.90 Å². The standard InChI is InChI=1S/C31H38N4O2S/c1-20-13-14-24(22(3)17-20)35-30-27(29(32-35)31(4,5)6)28(23-12-8-7-11-21(23)2)38-19-26(37)34(30)18-25(36)33-15-9-10-16-33/h7-8,11-14,17,28H,9-10,15-16,18-19H2,1-6H3/t28-/m1/s1. The molecule has 1 fully saturated rings. The fourth-order valence-electron chi connectivity index (χ4n) is 5.61. The molecular formula is C31H38N4O2S. The van der Waals surface area contributed by atoms with Crippen molar-refractivity contribution >= 4 is 29.4 Å². The van der Waals surface area contributed by atoms with Gasteiger partial charge in [0.2, 0.25) is 11.8 Å². The average Bonchev–Trinajstić information content (AvgIpc) is 3.50. The Bertz CT molecular complexity index is 1380. The maximum absolute atomic E-state index is 13.9. The number of thioether (sulfide) groups is 1. The zero-order chi connectivity index (χ0) is 27.2. The van der Waals surface area contributed by atoms with E-state index in [1.165, 1.54) is 16.7 Å². The molecule has 0 aliphatic carbocycles. The van der Waals surface area contributed by atoms with Crippen molar-refractivity contribution in [2.45, 2.75) is 65.0 Å². The van der Waals surface area contributed by atoms with Crippen molar-refractivity contribution in [1.82, 2.24) is 14.7 Å². The SMILES string of the molecule is Cc1ccc(-n2nc(C(C)(C)C)c3c2N(CC(=O)N2CCCC2)C(=O)CS[C@@H]3c2ccccc2C)c(C)c1. The molecule has 38 heavy (non-hydrogen) atoms. The lowest BCUT2D eigenvalue weighted by Gasteiger charge is -2.26. The Morgan fingerprint density at radius 3 is 2.39 bits per heavy atom. The first-order chi connectivity index (χ1) is 18.1. The van der Waals surface area contributed by atoms with Crippen LogP contribution in [0, 0.1) is 20.8 Å². The maximum atomic E-state index is 13.9. The molecular weight excluding hydrogens is 492 g/mol. The zero-order valence-corrected chi connectivity index (χ0v) is 24.2. The third kappa shape index (κ3) is 4.89. The van der Waals surface area contributed by atoms with Crippen molar-refractivity contribution in [2.75, 3.05) is 30.3 Å². The number of hydrogen-bond acceptors (Lipinski definition) is 4. The van der Waals surface area contributed by atoms with Crippen molar-refractivity contribution in [3.05, 3.63) is 76.0 Å². The minimum Gasteiger partial charge on any atom is -0.341 e. The highest BCUT2D eigenvalue weighted by Crippen LogP contribution is 2.49. The number of aryl methyl sites for hydroxylation is 3. The number of fused-ring (bicyclic) bond motifs is 1. The van der Waals surface area contributed by atoms with E-state index in [1.54, 1.807) is 16.7 Å². The van der Waals surface area contributed by atoms with Gasteiger partial charge >= 0.3 is 0 Å². The van der Waals surface area contributed by atoms with E-state index in [4.69, 9.17) is 5.10 Å². The summed E-state index contributed by atoms with van der Waals surface area (Å²) in [4.78, 5) is 30.9. The van der Waals surface area contributed by atoms with E-state index in [9.17, 15) is 9.59 Å². The Kier molecular flexibility index (Phi) is 7.16. The van der Waals surface area contributed by atoms with E-state index in [0.717, 1.165) is 54.3 Å². The first-order valence-corrected chi connectivity index (χ1v) is 14.6. The molecule has 6 nitrogen and oxygen atoms in total. The van der Waals surface area contributed by atoms with Crippen LogP contribution in [0.2, 0.25) is 0 Å². The topological polar surface area (TPSA) is 58.4 Å². The van der Waals surface area contributed by atoms with Gasteiger partial charge in [-0.3, -0.25) is 14.5 Å². The van der Waals surface area contributed by atoms with Gasteiger partial charge in [-0.15, -0.1) is 11.8 Å². The van der Waals surface area contributed by atoms with E-state index in [1.807, 2.05) is 9.58 Å². The lowest BCUT2D eigenvalue weighted by atomic mass is 9.86. The van der Waals surface area contributed by atoms with Crippen LogP contribution in [0.5, 0.6) is 0 Å². The molecule has 2 aromatic carbocycles. The molecule has 0 N–H and O–H groups in total. The quantitative estimate of drug-likeness (QED) is 0.422.